The van der Waals surface area contributed by atoms with Gasteiger partial charge in [0.25, 0.3) is 17.9 Å². The van der Waals surface area contributed by atoms with E-state index in [9.17, 15) is 39.2 Å². The van der Waals surface area contributed by atoms with Gasteiger partial charge in [-0.1, -0.05) is 29.8 Å². The summed E-state index contributed by atoms with van der Waals surface area (Å²) in [5.41, 5.74) is -1.88. The number of ether oxygens (including phenoxy) is 1. The Bertz CT molecular complexity index is 3580. The lowest BCUT2D eigenvalue weighted by atomic mass is 10.0. The summed E-state index contributed by atoms with van der Waals surface area (Å²) >= 11 is 6.66. The molecule has 3 aromatic heterocycles. The van der Waals surface area contributed by atoms with E-state index in [0.717, 1.165) is 23.0 Å². The van der Waals surface area contributed by atoms with Crippen LogP contribution in [0.2, 0.25) is 5.02 Å². The van der Waals surface area contributed by atoms with Crippen LogP contribution in [0.3, 0.4) is 0 Å². The molecule has 366 valence electrons. The zero-order valence-electron chi connectivity index (χ0n) is 36.6. The van der Waals surface area contributed by atoms with E-state index in [2.05, 4.69) is 20.2 Å². The van der Waals surface area contributed by atoms with E-state index in [-0.39, 0.29) is 92.9 Å². The van der Waals surface area contributed by atoms with Crippen molar-refractivity contribution in [2.45, 2.75) is 48.6 Å². The predicted molar refractivity (Wildman–Crippen MR) is 243 cm³/mol. The third-order valence-corrected chi connectivity index (χ3v) is 15.4. The summed E-state index contributed by atoms with van der Waals surface area (Å²) in [6.07, 6.45) is -2.89. The molecule has 2 N–H and O–H groups in total. The summed E-state index contributed by atoms with van der Waals surface area (Å²) in [5, 5.41) is 10.7. The fourth-order valence-electron chi connectivity index (χ4n) is 9.52. The Morgan fingerprint density at radius 1 is 0.943 bits per heavy atom. The number of morpholine rings is 1. The molecule has 4 heterocycles. The van der Waals surface area contributed by atoms with E-state index in [4.69, 9.17) is 21.3 Å². The van der Waals surface area contributed by atoms with Crippen LogP contribution in [0, 0.1) is 17.6 Å². The standard InChI is InChI=1S/C45H38ClF6N9O7S2/c1-58-39-34(10-9-31(46)37(39)42(56-58)57-69(2,64)65)61-43(54-32-18-24(5-8-28(32)44(61)63)23-3-6-27(7-4-23)70(66,67)59-11-13-68-14-12-59)33(17-22-15-25(47)19-26(48)16-22)53-35(62)21-60-40-36(38(55-60)41(49)50)29-20-30(29)45(40,51)52/h3-10,15-16,18-19,29-30,33,41H,11-14,17,20-21H2,1-2H3,(H,53,62)(H,56,57)/t29-,30+,33-/m0/s1. The first kappa shape index (κ1) is 47.3. The van der Waals surface area contributed by atoms with Crippen LogP contribution in [-0.4, -0.2) is 88.7 Å². The number of halogens is 7. The first-order chi connectivity index (χ1) is 33.1. The molecule has 1 amide bonds. The van der Waals surface area contributed by atoms with Gasteiger partial charge in [-0.05, 0) is 77.6 Å². The quantitative estimate of drug-likeness (QED) is 0.117. The molecule has 0 unspecified atom stereocenters. The monoisotopic (exact) mass is 1030 g/mol. The second-order valence-corrected chi connectivity index (χ2v) is 21.4. The van der Waals surface area contributed by atoms with Gasteiger partial charge in [0, 0.05) is 44.1 Å². The molecule has 7 aromatic rings. The summed E-state index contributed by atoms with van der Waals surface area (Å²) in [5.74, 6) is -9.31. The number of sulfonamides is 2. The highest BCUT2D eigenvalue weighted by Gasteiger charge is 2.67. The lowest BCUT2D eigenvalue weighted by Crippen LogP contribution is -2.40. The van der Waals surface area contributed by atoms with Crippen LogP contribution in [0.25, 0.3) is 38.6 Å². The van der Waals surface area contributed by atoms with Crippen molar-refractivity contribution in [2.24, 2.45) is 13.0 Å². The number of hydrogen-bond acceptors (Lipinski definition) is 10. The Kier molecular flexibility index (Phi) is 11.6. The average molecular weight is 1030 g/mol. The number of aryl methyl sites for hydroxylation is 1. The highest BCUT2D eigenvalue weighted by Crippen LogP contribution is 2.68. The van der Waals surface area contributed by atoms with Gasteiger partial charge in [-0.2, -0.15) is 23.3 Å². The number of nitrogens with zero attached hydrogens (tertiary/aromatic N) is 7. The second-order valence-electron chi connectivity index (χ2n) is 17.3. The van der Waals surface area contributed by atoms with Gasteiger partial charge in [0.05, 0.1) is 62.9 Å². The van der Waals surface area contributed by atoms with Gasteiger partial charge in [0.1, 0.15) is 35.4 Å². The molecule has 16 nitrogen and oxygen atoms in total. The van der Waals surface area contributed by atoms with Gasteiger partial charge in [0.2, 0.25) is 26.0 Å². The highest BCUT2D eigenvalue weighted by atomic mass is 35.5. The number of anilines is 1. The van der Waals surface area contributed by atoms with Crippen LogP contribution in [0.5, 0.6) is 0 Å². The number of benzene rings is 4. The zero-order valence-corrected chi connectivity index (χ0v) is 39.0. The molecule has 0 spiro atoms. The van der Waals surface area contributed by atoms with Crippen molar-refractivity contribution < 1.29 is 52.7 Å². The topological polar surface area (TPSA) is 192 Å². The van der Waals surface area contributed by atoms with Crippen molar-refractivity contribution in [1.82, 2.24) is 38.7 Å². The molecular weight excluding hydrogens is 992 g/mol. The maximum atomic E-state index is 15.6. The lowest BCUT2D eigenvalue weighted by Gasteiger charge is -2.26. The van der Waals surface area contributed by atoms with Crippen LogP contribution in [-0.2, 0) is 55.5 Å². The molecule has 3 atom stereocenters. The zero-order chi connectivity index (χ0) is 49.8. The molecule has 0 bridgehead atoms. The first-order valence-corrected chi connectivity index (χ1v) is 25.2. The summed E-state index contributed by atoms with van der Waals surface area (Å²) in [4.78, 5) is 34.4. The number of alkyl halides is 4. The summed E-state index contributed by atoms with van der Waals surface area (Å²) in [6.45, 7) is -0.175. The molecule has 0 radical (unpaired) electrons. The SMILES string of the molecule is Cn1nc(NS(C)(=O)=O)c2c(Cl)ccc(-n3c([C@H](Cc4cc(F)cc(F)c4)NC(=O)Cn4nc(C(F)F)c5c4C(F)(F)[C@@H]4C[C@H]54)nc4cc(-c5ccc(S(=O)(=O)N6CCOCC6)cc5)ccc4c3=O)c21. The minimum atomic E-state index is -3.95. The van der Waals surface area contributed by atoms with E-state index in [1.54, 1.807) is 18.2 Å². The summed E-state index contributed by atoms with van der Waals surface area (Å²) < 4.78 is 153. The Morgan fingerprint density at radius 3 is 2.30 bits per heavy atom. The number of nitrogens with one attached hydrogen (secondary N) is 2. The van der Waals surface area contributed by atoms with E-state index in [0.29, 0.717) is 21.9 Å². The average Bonchev–Trinajstić information content (AvgIpc) is 3.84. The van der Waals surface area contributed by atoms with Crippen molar-refractivity contribution in [3.8, 4) is 16.8 Å². The van der Waals surface area contributed by atoms with E-state index in [1.165, 1.54) is 52.4 Å². The van der Waals surface area contributed by atoms with E-state index >= 15 is 13.6 Å². The number of carbonyl (C=O) groups excluding carboxylic acids is 1. The highest BCUT2D eigenvalue weighted by molar-refractivity contribution is 7.92. The minimum absolute atomic E-state index is 0.000739. The number of aromatic nitrogens is 6. The van der Waals surface area contributed by atoms with Gasteiger partial charge >= 0.3 is 0 Å². The fourth-order valence-corrected chi connectivity index (χ4v) is 11.7. The third kappa shape index (κ3) is 8.37. The van der Waals surface area contributed by atoms with Crippen molar-refractivity contribution in [2.75, 3.05) is 37.3 Å². The number of carbonyl (C=O) groups is 1. The van der Waals surface area contributed by atoms with Gasteiger partial charge in [-0.25, -0.2) is 39.4 Å². The van der Waals surface area contributed by atoms with Crippen LogP contribution < -0.4 is 15.6 Å². The Hall–Kier alpha value is -6.34. The molecular formula is C45H38ClF6N9O7S2. The first-order valence-electron chi connectivity index (χ1n) is 21.5. The predicted octanol–water partition coefficient (Wildman–Crippen LogP) is 6.71. The molecule has 2 aliphatic carbocycles. The second kappa shape index (κ2) is 17.2. The maximum Gasteiger partial charge on any atom is 0.293 e. The molecule has 1 saturated heterocycles. The molecule has 25 heteroatoms. The van der Waals surface area contributed by atoms with Gasteiger partial charge in [0.15, 0.2) is 5.82 Å². The van der Waals surface area contributed by atoms with Crippen LogP contribution in [0.4, 0.5) is 32.2 Å². The van der Waals surface area contributed by atoms with Crippen LogP contribution in [0.1, 0.15) is 53.1 Å². The van der Waals surface area contributed by atoms with Crippen molar-refractivity contribution in [3.05, 3.63) is 128 Å². The van der Waals surface area contributed by atoms with Gasteiger partial charge < -0.3 is 10.1 Å². The number of hydrogen-bond donors (Lipinski definition) is 2. The molecule has 1 saturated carbocycles. The van der Waals surface area contributed by atoms with Crippen LogP contribution in [0.15, 0.2) is 82.5 Å². The van der Waals surface area contributed by atoms with Crippen molar-refractivity contribution in [1.29, 1.82) is 0 Å². The lowest BCUT2D eigenvalue weighted by molar-refractivity contribution is -0.123. The molecule has 2 fully saturated rings. The number of amides is 1. The Balaban J connectivity index is 1.15. The molecule has 70 heavy (non-hydrogen) atoms. The minimum Gasteiger partial charge on any atom is -0.379 e. The number of rotatable bonds is 13. The van der Waals surface area contributed by atoms with Gasteiger partial charge in [-0.3, -0.25) is 28.2 Å². The summed E-state index contributed by atoms with van der Waals surface area (Å²) in [7, 11) is -6.38. The normalized spacial score (nSPS) is 18.3. The van der Waals surface area contributed by atoms with Crippen molar-refractivity contribution in [3.63, 3.8) is 0 Å². The third-order valence-electron chi connectivity index (χ3n) is 12.6. The molecule has 4 aromatic carbocycles. The largest absolute Gasteiger partial charge is 0.379 e. The summed E-state index contributed by atoms with van der Waals surface area (Å²) in [6, 6.07) is 14.2. The molecule has 3 aliphatic rings. The molecule has 1 aliphatic heterocycles. The van der Waals surface area contributed by atoms with E-state index in [1.807, 2.05) is 0 Å². The number of fused-ring (bicyclic) bond motifs is 5. The molecule has 10 rings (SSSR count). The smallest absolute Gasteiger partial charge is 0.293 e. The fraction of sp³-hybridized carbons (Fsp3) is 0.311. The van der Waals surface area contributed by atoms with Crippen LogP contribution >= 0.6 is 11.6 Å². The Labute approximate surface area is 398 Å². The Morgan fingerprint density at radius 2 is 1.63 bits per heavy atom. The van der Waals surface area contributed by atoms with E-state index < -0.39 is 97.7 Å². The van der Waals surface area contributed by atoms with Crippen molar-refractivity contribution >= 4 is 65.2 Å². The maximum absolute atomic E-state index is 15.6. The van der Waals surface area contributed by atoms with Gasteiger partial charge in [-0.15, -0.1) is 0 Å².